The van der Waals surface area contributed by atoms with Crippen molar-refractivity contribution in [2.24, 2.45) is 5.73 Å². The highest BCUT2D eigenvalue weighted by Gasteiger charge is 2.62. The second-order valence-corrected chi connectivity index (χ2v) is 3.12. The van der Waals surface area contributed by atoms with Gasteiger partial charge in [0, 0.05) is 5.56 Å². The van der Waals surface area contributed by atoms with Gasteiger partial charge in [0.1, 0.15) is 11.9 Å². The first kappa shape index (κ1) is 16.1. The van der Waals surface area contributed by atoms with Gasteiger partial charge in [-0.25, -0.2) is 4.39 Å². The number of rotatable bonds is 2. The minimum absolute atomic E-state index is 0. The molecule has 1 aromatic carbocycles. The Bertz CT molecular complexity index is 378. The highest BCUT2D eigenvalue weighted by molar-refractivity contribution is 5.85. The van der Waals surface area contributed by atoms with Gasteiger partial charge in [0.25, 0.3) is 0 Å². The van der Waals surface area contributed by atoms with E-state index in [1.54, 1.807) is 0 Å². The van der Waals surface area contributed by atoms with Gasteiger partial charge >= 0.3 is 12.1 Å². The van der Waals surface area contributed by atoms with Gasteiger partial charge in [-0.15, -0.1) is 12.4 Å². The molecular formula is C9H8ClF6N. The van der Waals surface area contributed by atoms with Crippen LogP contribution < -0.4 is 5.73 Å². The zero-order chi connectivity index (χ0) is 12.6. The molecule has 98 valence electrons. The molecule has 0 saturated carbocycles. The third-order valence-electron chi connectivity index (χ3n) is 2.01. The summed E-state index contributed by atoms with van der Waals surface area (Å²) in [6.45, 7) is 0. The molecule has 0 aliphatic carbocycles. The maximum Gasteiger partial charge on any atom is 0.455 e. The summed E-state index contributed by atoms with van der Waals surface area (Å²) in [6.07, 6.45) is -5.81. The van der Waals surface area contributed by atoms with Gasteiger partial charge in [-0.3, -0.25) is 0 Å². The number of benzene rings is 1. The van der Waals surface area contributed by atoms with Crippen molar-refractivity contribution in [3.8, 4) is 0 Å². The van der Waals surface area contributed by atoms with E-state index >= 15 is 0 Å². The third-order valence-corrected chi connectivity index (χ3v) is 2.01. The maximum atomic E-state index is 13.0. The maximum absolute atomic E-state index is 13.0. The highest BCUT2D eigenvalue weighted by Crippen LogP contribution is 2.43. The summed E-state index contributed by atoms with van der Waals surface area (Å²) >= 11 is 0. The van der Waals surface area contributed by atoms with Crippen molar-refractivity contribution in [2.75, 3.05) is 0 Å². The predicted octanol–water partition coefficient (Wildman–Crippen LogP) is 3.44. The molecule has 0 spiro atoms. The van der Waals surface area contributed by atoms with E-state index in [1.165, 1.54) is 0 Å². The zero-order valence-corrected chi connectivity index (χ0v) is 8.96. The minimum Gasteiger partial charge on any atom is -0.319 e. The first-order valence-corrected chi connectivity index (χ1v) is 4.12. The topological polar surface area (TPSA) is 26.0 Å². The molecule has 0 aliphatic rings. The van der Waals surface area contributed by atoms with E-state index < -0.39 is 29.5 Å². The number of nitrogens with two attached hydrogens (primary N) is 1. The molecule has 0 aromatic heterocycles. The van der Waals surface area contributed by atoms with Gasteiger partial charge in [0.2, 0.25) is 0 Å². The lowest BCUT2D eigenvalue weighted by Crippen LogP contribution is -2.46. The molecule has 1 aromatic rings. The van der Waals surface area contributed by atoms with Crippen molar-refractivity contribution in [2.45, 2.75) is 18.1 Å². The molecule has 0 saturated heterocycles. The summed E-state index contributed by atoms with van der Waals surface area (Å²) in [5, 5.41) is 0. The lowest BCUT2D eigenvalue weighted by atomic mass is 10.0. The van der Waals surface area contributed by atoms with Gasteiger partial charge in [-0.05, 0) is 6.07 Å². The fourth-order valence-electron chi connectivity index (χ4n) is 1.10. The quantitative estimate of drug-likeness (QED) is 0.825. The van der Waals surface area contributed by atoms with Crippen LogP contribution in [0.5, 0.6) is 0 Å². The van der Waals surface area contributed by atoms with E-state index in [0.717, 1.165) is 24.3 Å². The second-order valence-electron chi connectivity index (χ2n) is 3.12. The Morgan fingerprint density at radius 3 is 1.88 bits per heavy atom. The van der Waals surface area contributed by atoms with E-state index in [-0.39, 0.29) is 12.4 Å². The smallest absolute Gasteiger partial charge is 0.319 e. The molecule has 0 heterocycles. The molecule has 0 amide bonds. The lowest BCUT2D eigenvalue weighted by molar-refractivity contribution is -0.291. The Balaban J connectivity index is 0.00000256. The second kappa shape index (κ2) is 5.14. The number of halogens is 7. The average Bonchev–Trinajstić information content (AvgIpc) is 2.15. The van der Waals surface area contributed by atoms with Crippen LogP contribution in [0.15, 0.2) is 24.3 Å². The lowest BCUT2D eigenvalue weighted by Gasteiger charge is -2.26. The standard InChI is InChI=1S/C9H7F6N.ClH/c10-6-4-2-1-3-5(6)7(16)8(11,12)9(13,14)15;/h1-4,7H,16H2;1H/t7-;/m0./s1. The summed E-state index contributed by atoms with van der Waals surface area (Å²) in [6, 6.07) is 1.09. The molecule has 1 rings (SSSR count). The van der Waals surface area contributed by atoms with Crippen molar-refractivity contribution >= 4 is 12.4 Å². The highest BCUT2D eigenvalue weighted by atomic mass is 35.5. The average molecular weight is 280 g/mol. The van der Waals surface area contributed by atoms with E-state index in [1.807, 2.05) is 0 Å². The summed E-state index contributed by atoms with van der Waals surface area (Å²) < 4.78 is 74.4. The Morgan fingerprint density at radius 2 is 1.47 bits per heavy atom. The number of alkyl halides is 5. The van der Waals surface area contributed by atoms with E-state index in [9.17, 15) is 26.3 Å². The Labute approximate surface area is 99.0 Å². The van der Waals surface area contributed by atoms with Crippen LogP contribution in [0, 0.1) is 5.82 Å². The van der Waals surface area contributed by atoms with Crippen molar-refractivity contribution in [1.29, 1.82) is 0 Å². The molecule has 2 N–H and O–H groups in total. The molecule has 17 heavy (non-hydrogen) atoms. The van der Waals surface area contributed by atoms with Gasteiger partial charge in [0.15, 0.2) is 0 Å². The van der Waals surface area contributed by atoms with E-state index in [4.69, 9.17) is 5.73 Å². The van der Waals surface area contributed by atoms with Gasteiger partial charge < -0.3 is 5.73 Å². The van der Waals surface area contributed by atoms with Gasteiger partial charge in [0.05, 0.1) is 0 Å². The van der Waals surface area contributed by atoms with Crippen molar-refractivity contribution in [1.82, 2.24) is 0 Å². The Kier molecular flexibility index (Phi) is 4.85. The first-order valence-electron chi connectivity index (χ1n) is 4.12. The molecular weight excluding hydrogens is 272 g/mol. The first-order chi connectivity index (χ1) is 7.18. The normalized spacial score (nSPS) is 14.1. The Hall–Kier alpha value is -0.950. The van der Waals surface area contributed by atoms with E-state index in [0.29, 0.717) is 0 Å². The van der Waals surface area contributed by atoms with Crippen molar-refractivity contribution in [3.63, 3.8) is 0 Å². The number of hydrogen-bond donors (Lipinski definition) is 1. The van der Waals surface area contributed by atoms with Crippen LogP contribution in [-0.4, -0.2) is 12.1 Å². The van der Waals surface area contributed by atoms with Crippen molar-refractivity contribution in [3.05, 3.63) is 35.6 Å². The zero-order valence-electron chi connectivity index (χ0n) is 8.14. The molecule has 1 atom stereocenters. The summed E-state index contributed by atoms with van der Waals surface area (Å²) in [4.78, 5) is 0. The van der Waals surface area contributed by atoms with Crippen LogP contribution in [0.2, 0.25) is 0 Å². The third kappa shape index (κ3) is 3.04. The van der Waals surface area contributed by atoms with Gasteiger partial charge in [-0.1, -0.05) is 18.2 Å². The Morgan fingerprint density at radius 1 is 1.00 bits per heavy atom. The van der Waals surface area contributed by atoms with Crippen molar-refractivity contribution < 1.29 is 26.3 Å². The van der Waals surface area contributed by atoms with Crippen LogP contribution in [0.4, 0.5) is 26.3 Å². The van der Waals surface area contributed by atoms with Crippen LogP contribution in [0.3, 0.4) is 0 Å². The monoisotopic (exact) mass is 279 g/mol. The number of hydrogen-bond acceptors (Lipinski definition) is 1. The summed E-state index contributed by atoms with van der Waals surface area (Å²) in [7, 11) is 0. The van der Waals surface area contributed by atoms with Crippen LogP contribution >= 0.6 is 12.4 Å². The summed E-state index contributed by atoms with van der Waals surface area (Å²) in [5.74, 6) is -6.37. The minimum atomic E-state index is -5.81. The van der Waals surface area contributed by atoms with Crippen LogP contribution in [0.1, 0.15) is 11.6 Å². The van der Waals surface area contributed by atoms with Crippen LogP contribution in [-0.2, 0) is 0 Å². The fourth-order valence-corrected chi connectivity index (χ4v) is 1.10. The summed E-state index contributed by atoms with van der Waals surface area (Å²) in [5.41, 5.74) is 3.88. The molecule has 0 fully saturated rings. The molecule has 8 heteroatoms. The van der Waals surface area contributed by atoms with Crippen LogP contribution in [0.25, 0.3) is 0 Å². The fraction of sp³-hybridized carbons (Fsp3) is 0.333. The predicted molar refractivity (Wildman–Crippen MR) is 51.6 cm³/mol. The van der Waals surface area contributed by atoms with E-state index in [2.05, 4.69) is 0 Å². The largest absolute Gasteiger partial charge is 0.455 e. The molecule has 1 nitrogen and oxygen atoms in total. The molecule has 0 unspecified atom stereocenters. The molecule has 0 radical (unpaired) electrons. The van der Waals surface area contributed by atoms with Gasteiger partial charge in [-0.2, -0.15) is 22.0 Å². The molecule has 0 bridgehead atoms. The molecule has 0 aliphatic heterocycles. The SMILES string of the molecule is Cl.N[C@@H](c1ccccc1F)C(F)(F)C(F)(F)F.